The molecule has 0 radical (unpaired) electrons. The van der Waals surface area contributed by atoms with Crippen molar-refractivity contribution in [3.05, 3.63) is 61.2 Å². The lowest BCUT2D eigenvalue weighted by Crippen LogP contribution is -2.25. The first-order chi connectivity index (χ1) is 19.2. The first kappa shape index (κ1) is 32.6. The van der Waals surface area contributed by atoms with Gasteiger partial charge in [-0.15, -0.1) is 9.36 Å². The Bertz CT molecular complexity index is 1410. The molecule has 16 nitrogen and oxygen atoms in total. The van der Waals surface area contributed by atoms with Crippen LogP contribution in [0.15, 0.2) is 81.6 Å². The van der Waals surface area contributed by atoms with Crippen molar-refractivity contribution in [3.8, 4) is 0 Å². The van der Waals surface area contributed by atoms with Crippen molar-refractivity contribution < 1.29 is 26.7 Å². The number of azo groups is 2. The molecular formula is C24H35N12O4S+. The lowest BCUT2D eigenvalue weighted by molar-refractivity contribution is -0.659. The number of hydrogen-bond donors (Lipinski definition) is 1. The molecule has 0 saturated heterocycles. The Morgan fingerprint density at radius 2 is 1.00 bits per heavy atom. The van der Waals surface area contributed by atoms with Gasteiger partial charge in [-0.25, -0.2) is 17.6 Å². The highest BCUT2D eigenvalue weighted by molar-refractivity contribution is 7.79. The minimum Gasteiger partial charge on any atom is -0.726 e. The summed E-state index contributed by atoms with van der Waals surface area (Å²) in [7, 11) is 10.6. The van der Waals surface area contributed by atoms with E-state index in [0.717, 1.165) is 22.7 Å². The van der Waals surface area contributed by atoms with Crippen LogP contribution in [0, 0.1) is 0 Å². The van der Waals surface area contributed by atoms with E-state index in [-0.39, 0.29) is 0 Å². The molecule has 0 saturated carbocycles. The Balaban J connectivity index is 0.000000247. The molecule has 0 unspecified atom stereocenters. The maximum atomic E-state index is 8.63. The van der Waals surface area contributed by atoms with Crippen LogP contribution < -0.4 is 18.9 Å². The summed E-state index contributed by atoms with van der Waals surface area (Å²) in [6.45, 7) is 0. The van der Waals surface area contributed by atoms with E-state index in [1.54, 1.807) is 22.0 Å². The third-order valence-electron chi connectivity index (χ3n) is 5.25. The summed E-state index contributed by atoms with van der Waals surface area (Å²) >= 11 is 0. The van der Waals surface area contributed by atoms with Gasteiger partial charge < -0.3 is 14.4 Å². The van der Waals surface area contributed by atoms with E-state index in [0.29, 0.717) is 11.9 Å². The molecular weight excluding hydrogens is 552 g/mol. The molecule has 2 aromatic heterocycles. The second-order valence-electron chi connectivity index (χ2n) is 8.98. The summed E-state index contributed by atoms with van der Waals surface area (Å²) in [5, 5.41) is 24.9. The first-order valence-electron chi connectivity index (χ1n) is 12.0. The second kappa shape index (κ2) is 14.7. The molecule has 4 rings (SSSR count). The SMILES string of the molecule is CN(C)c1ccc(N=Nc2n(C)nc[n+]2C)cc1.CN(C)c1ccc(N=Nc2n(C)nc[n+]2C)cc1.O=S(=O)([O-])O. The van der Waals surface area contributed by atoms with Gasteiger partial charge in [-0.2, -0.15) is 0 Å². The van der Waals surface area contributed by atoms with Crippen LogP contribution in [0.2, 0.25) is 0 Å². The maximum absolute atomic E-state index is 8.63. The fourth-order valence-corrected chi connectivity index (χ4v) is 3.08. The van der Waals surface area contributed by atoms with Crippen molar-refractivity contribution in [2.24, 2.45) is 48.6 Å². The monoisotopic (exact) mass is 587 g/mol. The predicted octanol–water partition coefficient (Wildman–Crippen LogP) is 2.46. The van der Waals surface area contributed by atoms with E-state index >= 15 is 0 Å². The summed E-state index contributed by atoms with van der Waals surface area (Å²) in [4.78, 5) is 4.09. The Labute approximate surface area is 239 Å². The first-order valence-corrected chi connectivity index (χ1v) is 13.3. The minimum absolute atomic E-state index is 0.701. The molecule has 2 heterocycles. The lowest BCUT2D eigenvalue weighted by atomic mass is 10.3. The maximum Gasteiger partial charge on any atom is 0.403 e. The van der Waals surface area contributed by atoms with Crippen molar-refractivity contribution in [3.63, 3.8) is 0 Å². The van der Waals surface area contributed by atoms with Gasteiger partial charge in [-0.05, 0) is 58.7 Å². The molecule has 0 aliphatic heterocycles. The standard InChI is InChI=1S/2C12H17N6.H2O4S/c2*1-16(2)11-7-5-10(6-8-11)14-15-12-17(3)9-13-18(12)4;1-5(2,3)4/h2*5-9H,1-4H3;(H2,1,2,3,4)/q2*+1;/p-1. The highest BCUT2D eigenvalue weighted by Crippen LogP contribution is 2.20. The number of aryl methyl sites for hydroxylation is 4. The normalized spacial score (nSPS) is 11.2. The Hall–Kier alpha value is -4.61. The van der Waals surface area contributed by atoms with Crippen molar-refractivity contribution in [2.45, 2.75) is 0 Å². The minimum atomic E-state index is -4.92. The van der Waals surface area contributed by atoms with E-state index < -0.39 is 10.4 Å². The number of benzene rings is 2. The van der Waals surface area contributed by atoms with Crippen LogP contribution in [0.4, 0.5) is 34.6 Å². The fourth-order valence-electron chi connectivity index (χ4n) is 3.08. The molecule has 0 spiro atoms. The smallest absolute Gasteiger partial charge is 0.403 e. The quantitative estimate of drug-likeness (QED) is 0.155. The van der Waals surface area contributed by atoms with Crippen LogP contribution in [0.1, 0.15) is 0 Å². The average molecular weight is 588 g/mol. The summed E-state index contributed by atoms with van der Waals surface area (Å²) in [6, 6.07) is 15.8. The Kier molecular flexibility index (Phi) is 11.7. The molecule has 1 N–H and O–H groups in total. The molecule has 41 heavy (non-hydrogen) atoms. The number of aromatic nitrogens is 6. The molecule has 0 fully saturated rings. The van der Waals surface area contributed by atoms with E-state index in [4.69, 9.17) is 17.5 Å². The third kappa shape index (κ3) is 11.2. The van der Waals surface area contributed by atoms with Gasteiger partial charge in [-0.3, -0.25) is 4.55 Å². The molecule has 0 aliphatic carbocycles. The fraction of sp³-hybridized carbons (Fsp3) is 0.333. The molecule has 2 aromatic carbocycles. The second-order valence-corrected chi connectivity index (χ2v) is 9.84. The van der Waals surface area contributed by atoms with Crippen LogP contribution in [-0.2, 0) is 38.6 Å². The van der Waals surface area contributed by atoms with Gasteiger partial charge in [0.15, 0.2) is 0 Å². The zero-order chi connectivity index (χ0) is 30.7. The van der Waals surface area contributed by atoms with Gasteiger partial charge in [0.25, 0.3) is 0 Å². The lowest BCUT2D eigenvalue weighted by Gasteiger charge is -2.11. The summed E-state index contributed by atoms with van der Waals surface area (Å²) in [6.07, 6.45) is 3.40. The van der Waals surface area contributed by atoms with Gasteiger partial charge in [-0.1, -0.05) is 10.2 Å². The van der Waals surface area contributed by atoms with Crippen molar-refractivity contribution in [1.29, 1.82) is 0 Å². The number of nitrogens with zero attached hydrogens (tertiary/aromatic N) is 12. The van der Waals surface area contributed by atoms with E-state index in [1.807, 2.05) is 124 Å². The van der Waals surface area contributed by atoms with Gasteiger partial charge in [0.2, 0.25) is 23.1 Å². The third-order valence-corrected chi connectivity index (χ3v) is 5.25. The van der Waals surface area contributed by atoms with Crippen molar-refractivity contribution >= 4 is 45.0 Å². The highest BCUT2D eigenvalue weighted by atomic mass is 32.3. The van der Waals surface area contributed by atoms with E-state index in [1.165, 1.54) is 0 Å². The molecule has 0 bridgehead atoms. The number of anilines is 2. The predicted molar refractivity (Wildman–Crippen MR) is 151 cm³/mol. The van der Waals surface area contributed by atoms with Crippen molar-refractivity contribution in [1.82, 2.24) is 19.6 Å². The molecule has 0 aliphatic rings. The Morgan fingerprint density at radius 1 is 0.707 bits per heavy atom. The van der Waals surface area contributed by atoms with E-state index in [9.17, 15) is 0 Å². The largest absolute Gasteiger partial charge is 0.726 e. The van der Waals surface area contributed by atoms with Gasteiger partial charge in [0.1, 0.15) is 0 Å². The van der Waals surface area contributed by atoms with Crippen LogP contribution in [0.25, 0.3) is 0 Å². The highest BCUT2D eigenvalue weighted by Gasteiger charge is 2.12. The van der Waals surface area contributed by atoms with Crippen molar-refractivity contribution in [2.75, 3.05) is 38.0 Å². The molecule has 17 heteroatoms. The van der Waals surface area contributed by atoms with E-state index in [2.05, 4.69) is 30.7 Å². The molecule has 220 valence electrons. The zero-order valence-corrected chi connectivity index (χ0v) is 25.0. The Morgan fingerprint density at radius 3 is 1.22 bits per heavy atom. The van der Waals surface area contributed by atoms with Crippen LogP contribution in [-0.4, -0.2) is 65.3 Å². The number of hydrogen-bond acceptors (Lipinski definition) is 11. The number of rotatable bonds is 6. The summed E-state index contributed by atoms with van der Waals surface area (Å²) in [5.41, 5.74) is 3.92. The topological polar surface area (TPSA) is 177 Å². The molecule has 4 aromatic rings. The van der Waals surface area contributed by atoms with Crippen LogP contribution in [0.5, 0.6) is 0 Å². The zero-order valence-electron chi connectivity index (χ0n) is 24.2. The van der Waals surface area contributed by atoms with Crippen LogP contribution in [0.3, 0.4) is 0 Å². The molecule has 0 amide bonds. The van der Waals surface area contributed by atoms with Gasteiger partial charge in [0.05, 0.1) is 39.6 Å². The van der Waals surface area contributed by atoms with Gasteiger partial charge in [0, 0.05) is 49.8 Å². The summed E-state index contributed by atoms with van der Waals surface area (Å²) in [5.74, 6) is 1.40. The summed E-state index contributed by atoms with van der Waals surface area (Å²) < 4.78 is 39.8. The van der Waals surface area contributed by atoms with Crippen LogP contribution >= 0.6 is 0 Å². The van der Waals surface area contributed by atoms with Gasteiger partial charge >= 0.3 is 11.9 Å². The molecule has 0 atom stereocenters. The average Bonchev–Trinajstić information content (AvgIpc) is 3.40.